The molecular formula is C20H33ClN2O2. The summed E-state index contributed by atoms with van der Waals surface area (Å²) in [6, 6.07) is 8.69. The van der Waals surface area contributed by atoms with Crippen LogP contribution in [0, 0.1) is 0 Å². The first-order valence-corrected chi connectivity index (χ1v) is 9.37. The highest BCUT2D eigenvalue weighted by atomic mass is 35.5. The van der Waals surface area contributed by atoms with Crippen molar-refractivity contribution in [2.24, 2.45) is 0 Å². The third-order valence-corrected chi connectivity index (χ3v) is 4.78. The molecule has 0 spiro atoms. The third kappa shape index (κ3) is 7.25. The van der Waals surface area contributed by atoms with Crippen LogP contribution in [0.3, 0.4) is 0 Å². The van der Waals surface area contributed by atoms with Gasteiger partial charge in [0.05, 0.1) is 7.11 Å². The first kappa shape index (κ1) is 21.8. The number of halogens is 1. The molecule has 142 valence electrons. The molecule has 1 saturated heterocycles. The number of benzene rings is 1. The molecule has 1 aromatic rings. The Morgan fingerprint density at radius 2 is 2.00 bits per heavy atom. The number of carbonyl (C=O) groups excluding carboxylic acids is 1. The van der Waals surface area contributed by atoms with Crippen LogP contribution < -0.4 is 10.1 Å². The predicted molar refractivity (Wildman–Crippen MR) is 106 cm³/mol. The van der Waals surface area contributed by atoms with E-state index >= 15 is 0 Å². The van der Waals surface area contributed by atoms with Crippen LogP contribution in [0.1, 0.15) is 51.0 Å². The van der Waals surface area contributed by atoms with E-state index in [1.807, 2.05) is 12.1 Å². The number of nitrogens with zero attached hydrogens (tertiary/aromatic N) is 1. The van der Waals surface area contributed by atoms with E-state index in [2.05, 4.69) is 29.3 Å². The van der Waals surface area contributed by atoms with E-state index in [1.54, 1.807) is 7.11 Å². The number of carbonyl (C=O) groups is 1. The molecule has 25 heavy (non-hydrogen) atoms. The van der Waals surface area contributed by atoms with Crippen molar-refractivity contribution < 1.29 is 9.53 Å². The molecule has 1 heterocycles. The Kier molecular flexibility index (Phi) is 10.6. The third-order valence-electron chi connectivity index (χ3n) is 4.78. The second-order valence-corrected chi connectivity index (χ2v) is 6.64. The summed E-state index contributed by atoms with van der Waals surface area (Å²) in [7, 11) is 1.69. The number of unbranched alkanes of at least 4 members (excludes halogenated alkanes) is 2. The van der Waals surface area contributed by atoms with Crippen molar-refractivity contribution in [1.29, 1.82) is 0 Å². The first-order chi connectivity index (χ1) is 11.7. The normalized spacial score (nSPS) is 16.3. The minimum atomic E-state index is 0. The number of hydrogen-bond donors (Lipinski definition) is 1. The fourth-order valence-corrected chi connectivity index (χ4v) is 3.38. The van der Waals surface area contributed by atoms with Gasteiger partial charge in [-0.1, -0.05) is 25.5 Å². The number of methoxy groups -OCH3 is 1. The fourth-order valence-electron chi connectivity index (χ4n) is 3.38. The highest BCUT2D eigenvalue weighted by Crippen LogP contribution is 2.15. The topological polar surface area (TPSA) is 41.6 Å². The van der Waals surface area contributed by atoms with E-state index in [0.29, 0.717) is 18.4 Å². The molecule has 1 aliphatic rings. The average molecular weight is 369 g/mol. The highest BCUT2D eigenvalue weighted by molar-refractivity contribution is 5.85. The summed E-state index contributed by atoms with van der Waals surface area (Å²) in [4.78, 5) is 14.6. The molecule has 1 aromatic carbocycles. The van der Waals surface area contributed by atoms with E-state index in [1.165, 1.54) is 5.56 Å². The molecule has 1 unspecified atom stereocenters. The average Bonchev–Trinajstić information content (AvgIpc) is 3.14. The maximum Gasteiger partial charge on any atom is 0.222 e. The predicted octanol–water partition coefficient (Wildman–Crippen LogP) is 3.82. The lowest BCUT2D eigenvalue weighted by Crippen LogP contribution is -2.41. The summed E-state index contributed by atoms with van der Waals surface area (Å²) in [5.74, 6) is 1.25. The zero-order valence-electron chi connectivity index (χ0n) is 15.6. The Balaban J connectivity index is 0.00000312. The van der Waals surface area contributed by atoms with Gasteiger partial charge < -0.3 is 15.0 Å². The summed E-state index contributed by atoms with van der Waals surface area (Å²) < 4.78 is 5.18. The number of ether oxygens (including phenoxy) is 1. The van der Waals surface area contributed by atoms with E-state index in [0.717, 1.165) is 63.9 Å². The van der Waals surface area contributed by atoms with E-state index in [9.17, 15) is 4.79 Å². The van der Waals surface area contributed by atoms with Gasteiger partial charge in [-0.15, -0.1) is 12.4 Å². The van der Waals surface area contributed by atoms with Gasteiger partial charge >= 0.3 is 0 Å². The van der Waals surface area contributed by atoms with Crippen molar-refractivity contribution in [2.75, 3.05) is 26.7 Å². The lowest BCUT2D eigenvalue weighted by atomic mass is 10.1. The van der Waals surface area contributed by atoms with Crippen molar-refractivity contribution in [2.45, 2.75) is 57.9 Å². The van der Waals surface area contributed by atoms with Gasteiger partial charge in [-0.2, -0.15) is 0 Å². The Hall–Kier alpha value is -1.26. The largest absolute Gasteiger partial charge is 0.497 e. The SMILES string of the molecule is CCCN(C(=O)CCCCCc1ccc(OC)cc1)C1CCNC1.Cl. The van der Waals surface area contributed by atoms with Gasteiger partial charge in [-0.3, -0.25) is 4.79 Å². The van der Waals surface area contributed by atoms with Crippen molar-refractivity contribution in [1.82, 2.24) is 10.2 Å². The Labute approximate surface area is 158 Å². The quantitative estimate of drug-likeness (QED) is 0.638. The van der Waals surface area contributed by atoms with Crippen molar-refractivity contribution in [3.63, 3.8) is 0 Å². The molecule has 1 aliphatic heterocycles. The summed E-state index contributed by atoms with van der Waals surface area (Å²) in [5, 5.41) is 3.37. The number of amides is 1. The van der Waals surface area contributed by atoms with E-state index in [-0.39, 0.29) is 12.4 Å². The molecule has 5 heteroatoms. The maximum absolute atomic E-state index is 12.5. The second kappa shape index (κ2) is 12.2. The Bertz CT molecular complexity index is 487. The van der Waals surface area contributed by atoms with E-state index < -0.39 is 0 Å². The molecule has 0 bridgehead atoms. The monoisotopic (exact) mass is 368 g/mol. The van der Waals surface area contributed by atoms with Crippen molar-refractivity contribution >= 4 is 18.3 Å². The van der Waals surface area contributed by atoms with Gasteiger partial charge in [0.25, 0.3) is 0 Å². The zero-order valence-corrected chi connectivity index (χ0v) is 16.4. The van der Waals surface area contributed by atoms with Gasteiger partial charge in [0.2, 0.25) is 5.91 Å². The molecule has 1 amide bonds. The summed E-state index contributed by atoms with van der Waals surface area (Å²) in [6.07, 6.45) is 7.15. The van der Waals surface area contributed by atoms with Crippen LogP contribution >= 0.6 is 12.4 Å². The molecule has 2 rings (SSSR count). The van der Waals surface area contributed by atoms with Gasteiger partial charge in [0, 0.05) is 25.6 Å². The number of hydrogen-bond acceptors (Lipinski definition) is 3. The zero-order chi connectivity index (χ0) is 17.2. The summed E-state index contributed by atoms with van der Waals surface area (Å²) >= 11 is 0. The van der Waals surface area contributed by atoms with Crippen LogP contribution in [0.25, 0.3) is 0 Å². The van der Waals surface area contributed by atoms with Gasteiger partial charge in [0.1, 0.15) is 5.75 Å². The van der Waals surface area contributed by atoms with Crippen molar-refractivity contribution in [3.05, 3.63) is 29.8 Å². The number of rotatable bonds is 10. The van der Waals surface area contributed by atoms with Crippen LogP contribution in [0.2, 0.25) is 0 Å². The summed E-state index contributed by atoms with van der Waals surface area (Å²) in [6.45, 7) is 5.05. The van der Waals surface area contributed by atoms with Crippen LogP contribution in [-0.4, -0.2) is 43.6 Å². The Morgan fingerprint density at radius 1 is 1.24 bits per heavy atom. The number of nitrogens with one attached hydrogen (secondary N) is 1. The molecule has 1 fully saturated rings. The molecule has 0 aromatic heterocycles. The fraction of sp³-hybridized carbons (Fsp3) is 0.650. The molecule has 1 N–H and O–H groups in total. The molecular weight excluding hydrogens is 336 g/mol. The van der Waals surface area contributed by atoms with Crippen LogP contribution in [-0.2, 0) is 11.2 Å². The van der Waals surface area contributed by atoms with Gasteiger partial charge in [-0.25, -0.2) is 0 Å². The van der Waals surface area contributed by atoms with Crippen LogP contribution in [0.4, 0.5) is 0 Å². The molecule has 0 saturated carbocycles. The number of aryl methyl sites for hydroxylation is 1. The minimum Gasteiger partial charge on any atom is -0.497 e. The first-order valence-electron chi connectivity index (χ1n) is 9.37. The van der Waals surface area contributed by atoms with Gasteiger partial charge in [0.15, 0.2) is 0 Å². The highest BCUT2D eigenvalue weighted by Gasteiger charge is 2.25. The van der Waals surface area contributed by atoms with Crippen LogP contribution in [0.15, 0.2) is 24.3 Å². The molecule has 0 radical (unpaired) electrons. The van der Waals surface area contributed by atoms with Gasteiger partial charge in [-0.05, 0) is 56.3 Å². The lowest BCUT2D eigenvalue weighted by molar-refractivity contribution is -0.133. The molecule has 4 nitrogen and oxygen atoms in total. The molecule has 1 atom stereocenters. The maximum atomic E-state index is 12.5. The smallest absolute Gasteiger partial charge is 0.222 e. The van der Waals surface area contributed by atoms with Crippen molar-refractivity contribution in [3.8, 4) is 5.75 Å². The second-order valence-electron chi connectivity index (χ2n) is 6.64. The summed E-state index contributed by atoms with van der Waals surface area (Å²) in [5.41, 5.74) is 1.34. The van der Waals surface area contributed by atoms with E-state index in [4.69, 9.17) is 4.74 Å². The van der Waals surface area contributed by atoms with Crippen LogP contribution in [0.5, 0.6) is 5.75 Å². The molecule has 0 aliphatic carbocycles. The minimum absolute atomic E-state index is 0. The Morgan fingerprint density at radius 3 is 2.60 bits per heavy atom. The lowest BCUT2D eigenvalue weighted by Gasteiger charge is -2.28. The standard InChI is InChI=1S/C20H32N2O2.ClH/c1-3-15-22(18-13-14-21-16-18)20(23)8-6-4-5-7-17-9-11-19(24-2)12-10-17;/h9-12,18,21H,3-8,13-16H2,1-2H3;1H.